The molecule has 0 aromatic heterocycles. The van der Waals surface area contributed by atoms with Crippen LogP contribution in [0.5, 0.6) is 0 Å². The largest absolute Gasteiger partial charge is 0.383 e. The van der Waals surface area contributed by atoms with Crippen LogP contribution in [0.4, 0.5) is 8.78 Å². The van der Waals surface area contributed by atoms with Crippen molar-refractivity contribution in [3.63, 3.8) is 0 Å². The lowest BCUT2D eigenvalue weighted by atomic mass is 9.88. The highest BCUT2D eigenvalue weighted by molar-refractivity contribution is 9.09. The van der Waals surface area contributed by atoms with E-state index in [-0.39, 0.29) is 25.7 Å². The van der Waals surface area contributed by atoms with E-state index in [1.54, 1.807) is 7.11 Å². The molecule has 1 saturated heterocycles. The summed E-state index contributed by atoms with van der Waals surface area (Å²) in [4.78, 5) is 1.98. The third kappa shape index (κ3) is 3.58. The third-order valence-electron chi connectivity index (χ3n) is 4.75. The van der Waals surface area contributed by atoms with Gasteiger partial charge < -0.3 is 9.47 Å². The molecule has 21 heavy (non-hydrogen) atoms. The van der Waals surface area contributed by atoms with Crippen molar-refractivity contribution in [2.24, 2.45) is 0 Å². The van der Waals surface area contributed by atoms with E-state index < -0.39 is 16.7 Å². The fourth-order valence-electron chi connectivity index (χ4n) is 3.14. The zero-order chi connectivity index (χ0) is 16.3. The fraction of sp³-hybridized carbons (Fsp3) is 1.00. The molecule has 1 rings (SSSR count). The molecular weight excluding hydrogens is 346 g/mol. The van der Waals surface area contributed by atoms with Gasteiger partial charge in [-0.05, 0) is 19.8 Å². The Kier molecular flexibility index (Phi) is 6.99. The van der Waals surface area contributed by atoms with Crippen LogP contribution in [-0.4, -0.2) is 66.5 Å². The highest BCUT2D eigenvalue weighted by Gasteiger charge is 2.57. The highest BCUT2D eigenvalue weighted by Crippen LogP contribution is 2.41. The smallest absolute Gasteiger partial charge is 0.370 e. The first-order valence-corrected chi connectivity index (χ1v) is 8.31. The highest BCUT2D eigenvalue weighted by atomic mass is 79.9. The summed E-state index contributed by atoms with van der Waals surface area (Å²) < 4.78 is 40.0. The van der Waals surface area contributed by atoms with E-state index in [4.69, 9.17) is 9.47 Å². The van der Waals surface area contributed by atoms with Gasteiger partial charge in [-0.1, -0.05) is 29.8 Å². The molecule has 0 N–H and O–H groups in total. The van der Waals surface area contributed by atoms with Gasteiger partial charge in [0.2, 0.25) is 0 Å². The average Bonchev–Trinajstić information content (AvgIpc) is 2.69. The molecule has 0 spiro atoms. The van der Waals surface area contributed by atoms with Crippen LogP contribution in [0, 0.1) is 0 Å². The van der Waals surface area contributed by atoms with Crippen LogP contribution in [0.15, 0.2) is 0 Å². The van der Waals surface area contributed by atoms with Crippen molar-refractivity contribution in [2.45, 2.75) is 56.4 Å². The minimum Gasteiger partial charge on any atom is -0.383 e. The van der Waals surface area contributed by atoms with Gasteiger partial charge >= 0.3 is 6.17 Å². The number of ether oxygens (including phenoxy) is 2. The van der Waals surface area contributed by atoms with Gasteiger partial charge in [0.1, 0.15) is 0 Å². The molecule has 1 heterocycles. The summed E-state index contributed by atoms with van der Waals surface area (Å²) in [6, 6.07) is -0.389. The molecule has 126 valence electrons. The van der Waals surface area contributed by atoms with Gasteiger partial charge in [0.25, 0.3) is 0 Å². The lowest BCUT2D eigenvalue weighted by Gasteiger charge is -2.43. The van der Waals surface area contributed by atoms with Crippen molar-refractivity contribution in [3.05, 3.63) is 0 Å². The Hall–Kier alpha value is 0.180. The summed E-state index contributed by atoms with van der Waals surface area (Å²) in [6.45, 7) is 6.49. The average molecular weight is 373 g/mol. The van der Waals surface area contributed by atoms with Crippen LogP contribution < -0.4 is 0 Å². The fourth-order valence-corrected chi connectivity index (χ4v) is 3.91. The summed E-state index contributed by atoms with van der Waals surface area (Å²) in [5.41, 5.74) is -0.562. The van der Waals surface area contributed by atoms with Crippen molar-refractivity contribution in [2.75, 3.05) is 33.9 Å². The van der Waals surface area contributed by atoms with E-state index in [2.05, 4.69) is 15.9 Å². The lowest BCUT2D eigenvalue weighted by Crippen LogP contribution is -2.58. The molecule has 4 nitrogen and oxygen atoms in total. The maximum atomic E-state index is 14.7. The molecule has 1 aliphatic rings. The Balaban J connectivity index is 2.97. The molecule has 1 aliphatic heterocycles. The van der Waals surface area contributed by atoms with Crippen LogP contribution in [0.2, 0.25) is 0 Å². The van der Waals surface area contributed by atoms with Gasteiger partial charge in [-0.3, -0.25) is 0 Å². The normalized spacial score (nSPS) is 25.4. The van der Waals surface area contributed by atoms with E-state index in [0.717, 1.165) is 4.90 Å². The van der Waals surface area contributed by atoms with E-state index in [0.29, 0.717) is 12.8 Å². The van der Waals surface area contributed by atoms with Crippen LogP contribution in [0.1, 0.15) is 33.6 Å². The molecule has 0 aromatic rings. The molecule has 2 atom stereocenters. The van der Waals surface area contributed by atoms with Crippen molar-refractivity contribution in [1.29, 1.82) is 0 Å². The molecule has 2 unspecified atom stereocenters. The summed E-state index contributed by atoms with van der Waals surface area (Å²) in [5.74, 6) is 0. The lowest BCUT2D eigenvalue weighted by molar-refractivity contribution is -0.244. The second-order valence-electron chi connectivity index (χ2n) is 5.43. The number of nitrogens with zero attached hydrogens (tertiary/aromatic N) is 2. The number of methoxy groups -OCH3 is 2. The first-order chi connectivity index (χ1) is 9.80. The second kappa shape index (κ2) is 7.64. The Morgan fingerprint density at radius 2 is 1.90 bits per heavy atom. The third-order valence-corrected chi connectivity index (χ3v) is 5.53. The number of alkyl halides is 3. The van der Waals surface area contributed by atoms with Gasteiger partial charge in [-0.2, -0.15) is 8.78 Å². The number of hydrogen-bond acceptors (Lipinski definition) is 4. The molecule has 0 radical (unpaired) electrons. The van der Waals surface area contributed by atoms with E-state index in [9.17, 15) is 8.78 Å². The standard InChI is InChI=1S/C14H27BrF2N2O2/c1-6-13(7-2,21-5)11(3)19-10-12(15)18(8-9-20-4)14(19,16)17/h11-12H,6-10H2,1-5H3. The quantitative estimate of drug-likeness (QED) is 0.482. The summed E-state index contributed by atoms with van der Waals surface area (Å²) in [6.07, 6.45) is -1.63. The van der Waals surface area contributed by atoms with E-state index in [1.165, 1.54) is 12.0 Å². The first-order valence-electron chi connectivity index (χ1n) is 7.40. The summed E-state index contributed by atoms with van der Waals surface area (Å²) >= 11 is 3.36. The second-order valence-corrected chi connectivity index (χ2v) is 6.49. The molecule has 7 heteroatoms. The molecule has 0 amide bonds. The van der Waals surface area contributed by atoms with Crippen molar-refractivity contribution in [3.8, 4) is 0 Å². The van der Waals surface area contributed by atoms with E-state index >= 15 is 0 Å². The van der Waals surface area contributed by atoms with Crippen LogP contribution >= 0.6 is 15.9 Å². The maximum absolute atomic E-state index is 14.7. The molecule has 0 aromatic carbocycles. The SMILES string of the molecule is CCC(CC)(OC)C(C)N1CC(Br)N(CCOC)C1(F)F. The predicted octanol–water partition coefficient (Wildman–Crippen LogP) is 3.12. The Bertz CT molecular complexity index is 322. The van der Waals surface area contributed by atoms with Gasteiger partial charge in [0, 0.05) is 33.4 Å². The topological polar surface area (TPSA) is 24.9 Å². The van der Waals surface area contributed by atoms with Gasteiger partial charge in [0.15, 0.2) is 0 Å². The summed E-state index contributed by atoms with van der Waals surface area (Å²) in [7, 11) is 3.12. The van der Waals surface area contributed by atoms with Crippen molar-refractivity contribution >= 4 is 15.9 Å². The van der Waals surface area contributed by atoms with Crippen LogP contribution in [-0.2, 0) is 9.47 Å². The van der Waals surface area contributed by atoms with Crippen molar-refractivity contribution in [1.82, 2.24) is 9.80 Å². The Morgan fingerprint density at radius 1 is 1.33 bits per heavy atom. The molecule has 0 aliphatic carbocycles. The Morgan fingerprint density at radius 3 is 2.33 bits per heavy atom. The monoisotopic (exact) mass is 372 g/mol. The van der Waals surface area contributed by atoms with Gasteiger partial charge in [-0.15, -0.1) is 0 Å². The number of halogens is 3. The molecular formula is C14H27BrF2N2O2. The zero-order valence-corrected chi connectivity index (χ0v) is 15.1. The van der Waals surface area contributed by atoms with Crippen molar-refractivity contribution < 1.29 is 18.3 Å². The minimum absolute atomic E-state index is 0.181. The maximum Gasteiger partial charge on any atom is 0.370 e. The van der Waals surface area contributed by atoms with E-state index in [1.807, 2.05) is 20.8 Å². The van der Waals surface area contributed by atoms with Crippen LogP contribution in [0.25, 0.3) is 0 Å². The Labute approximate surface area is 134 Å². The molecule has 0 bridgehead atoms. The van der Waals surface area contributed by atoms with Crippen LogP contribution in [0.3, 0.4) is 0 Å². The van der Waals surface area contributed by atoms with Gasteiger partial charge in [0.05, 0.1) is 17.2 Å². The number of hydrogen-bond donors (Lipinski definition) is 0. The predicted molar refractivity (Wildman–Crippen MR) is 82.7 cm³/mol. The summed E-state index contributed by atoms with van der Waals surface area (Å²) in [5, 5.41) is 0. The first kappa shape index (κ1) is 19.2. The molecule has 0 saturated carbocycles. The van der Waals surface area contributed by atoms with Gasteiger partial charge in [-0.25, -0.2) is 9.80 Å². The molecule has 1 fully saturated rings. The minimum atomic E-state index is -3.01. The number of rotatable bonds is 8. The zero-order valence-electron chi connectivity index (χ0n) is 13.5.